The number of piperidine rings is 1. The third-order valence-electron chi connectivity index (χ3n) is 4.13. The Morgan fingerprint density at radius 1 is 1.33 bits per heavy atom. The molecule has 18 heavy (non-hydrogen) atoms. The molecule has 0 spiro atoms. The van der Waals surface area contributed by atoms with Crippen LogP contribution in [0.3, 0.4) is 0 Å². The first-order chi connectivity index (χ1) is 8.59. The summed E-state index contributed by atoms with van der Waals surface area (Å²) in [5, 5.41) is 0. The van der Waals surface area contributed by atoms with Crippen molar-refractivity contribution in [2.45, 2.75) is 58.0 Å². The minimum Gasteiger partial charge on any atom is -0.354 e. The van der Waals surface area contributed by atoms with E-state index in [9.17, 15) is 4.79 Å². The van der Waals surface area contributed by atoms with Crippen LogP contribution in [0.1, 0.15) is 45.2 Å². The summed E-state index contributed by atoms with van der Waals surface area (Å²) < 4.78 is 2.09. The summed E-state index contributed by atoms with van der Waals surface area (Å²) >= 11 is 0. The molecule has 2 rings (SSSR count). The Bertz CT molecular complexity index is 400. The lowest BCUT2D eigenvalue weighted by atomic mass is 9.97. The third-order valence-corrected chi connectivity index (χ3v) is 4.13. The second kappa shape index (κ2) is 5.59. The Kier molecular flexibility index (Phi) is 4.10. The molecule has 0 saturated carbocycles. The smallest absolute Gasteiger partial charge is 0.223 e. The number of amides is 1. The van der Waals surface area contributed by atoms with Gasteiger partial charge >= 0.3 is 0 Å². The second-order valence-electron chi connectivity index (χ2n) is 5.54. The van der Waals surface area contributed by atoms with Crippen LogP contribution >= 0.6 is 0 Å². The molecule has 2 atom stereocenters. The van der Waals surface area contributed by atoms with Crippen LogP contribution in [-0.2, 0) is 18.3 Å². The largest absolute Gasteiger partial charge is 0.354 e. The average Bonchev–Trinajstić information content (AvgIpc) is 2.72. The van der Waals surface area contributed by atoms with Gasteiger partial charge in [0.2, 0.25) is 5.91 Å². The van der Waals surface area contributed by atoms with Crippen LogP contribution in [0.15, 0.2) is 18.3 Å². The summed E-state index contributed by atoms with van der Waals surface area (Å²) in [6, 6.07) is 4.95. The zero-order chi connectivity index (χ0) is 13.1. The van der Waals surface area contributed by atoms with Gasteiger partial charge in [-0.05, 0) is 51.7 Å². The molecule has 2 heterocycles. The van der Waals surface area contributed by atoms with Gasteiger partial charge in [-0.1, -0.05) is 0 Å². The van der Waals surface area contributed by atoms with E-state index in [4.69, 9.17) is 0 Å². The van der Waals surface area contributed by atoms with Crippen LogP contribution in [0.2, 0.25) is 0 Å². The molecule has 1 aromatic heterocycles. The second-order valence-corrected chi connectivity index (χ2v) is 5.54. The highest BCUT2D eigenvalue weighted by Gasteiger charge is 2.28. The van der Waals surface area contributed by atoms with E-state index < -0.39 is 0 Å². The van der Waals surface area contributed by atoms with E-state index in [2.05, 4.69) is 29.4 Å². The number of likely N-dealkylation sites (tertiary alicyclic amines) is 1. The van der Waals surface area contributed by atoms with Gasteiger partial charge < -0.3 is 9.47 Å². The fraction of sp³-hybridized carbons (Fsp3) is 0.667. The SMILES string of the molecule is CC1CCCC(C)N1C(=O)CCc1cccn1C. The van der Waals surface area contributed by atoms with Crippen molar-refractivity contribution in [1.29, 1.82) is 0 Å². The number of nitrogens with zero attached hydrogens (tertiary/aromatic N) is 2. The van der Waals surface area contributed by atoms with E-state index in [0.717, 1.165) is 19.3 Å². The van der Waals surface area contributed by atoms with Crippen molar-refractivity contribution in [3.8, 4) is 0 Å². The Morgan fingerprint density at radius 3 is 2.56 bits per heavy atom. The van der Waals surface area contributed by atoms with E-state index in [1.807, 2.05) is 19.3 Å². The van der Waals surface area contributed by atoms with Gasteiger partial charge in [0.1, 0.15) is 0 Å². The normalized spacial score (nSPS) is 24.3. The molecular formula is C15H24N2O. The molecular weight excluding hydrogens is 224 g/mol. The van der Waals surface area contributed by atoms with Crippen molar-refractivity contribution < 1.29 is 4.79 Å². The monoisotopic (exact) mass is 248 g/mol. The number of carbonyl (C=O) groups is 1. The highest BCUT2D eigenvalue weighted by molar-refractivity contribution is 5.77. The summed E-state index contributed by atoms with van der Waals surface area (Å²) in [7, 11) is 2.03. The van der Waals surface area contributed by atoms with Crippen molar-refractivity contribution >= 4 is 5.91 Å². The lowest BCUT2D eigenvalue weighted by Gasteiger charge is -2.39. The topological polar surface area (TPSA) is 25.2 Å². The van der Waals surface area contributed by atoms with Gasteiger partial charge in [0.05, 0.1) is 0 Å². The molecule has 100 valence electrons. The van der Waals surface area contributed by atoms with E-state index in [-0.39, 0.29) is 0 Å². The summed E-state index contributed by atoms with van der Waals surface area (Å²) in [6.07, 6.45) is 7.07. The van der Waals surface area contributed by atoms with Crippen molar-refractivity contribution in [3.05, 3.63) is 24.0 Å². The molecule has 1 amide bonds. The summed E-state index contributed by atoms with van der Waals surface area (Å²) in [5.41, 5.74) is 1.24. The van der Waals surface area contributed by atoms with E-state index in [1.54, 1.807) is 0 Å². The Hall–Kier alpha value is -1.25. The number of hydrogen-bond acceptors (Lipinski definition) is 1. The Labute approximate surface area is 110 Å². The maximum atomic E-state index is 12.3. The lowest BCUT2D eigenvalue weighted by molar-refractivity contribution is -0.137. The first-order valence-corrected chi connectivity index (χ1v) is 7.01. The van der Waals surface area contributed by atoms with Crippen molar-refractivity contribution in [2.24, 2.45) is 7.05 Å². The molecule has 3 nitrogen and oxygen atoms in total. The standard InChI is InChI=1S/C15H24N2O/c1-12-6-4-7-13(2)17(12)15(18)10-9-14-8-5-11-16(14)3/h5,8,11-13H,4,6-7,9-10H2,1-3H3. The minimum absolute atomic E-state index is 0.316. The summed E-state index contributed by atoms with van der Waals surface area (Å²) in [5.74, 6) is 0.316. The van der Waals surface area contributed by atoms with Gasteiger partial charge in [0.15, 0.2) is 0 Å². The third kappa shape index (κ3) is 2.77. The van der Waals surface area contributed by atoms with E-state index in [1.165, 1.54) is 12.1 Å². The summed E-state index contributed by atoms with van der Waals surface area (Å²) in [6.45, 7) is 4.35. The predicted octanol–water partition coefficient (Wildman–Crippen LogP) is 2.75. The van der Waals surface area contributed by atoms with Crippen molar-refractivity contribution in [1.82, 2.24) is 9.47 Å². The molecule has 1 saturated heterocycles. The van der Waals surface area contributed by atoms with Crippen molar-refractivity contribution in [3.63, 3.8) is 0 Å². The number of aromatic nitrogens is 1. The Morgan fingerprint density at radius 2 is 2.00 bits per heavy atom. The first-order valence-electron chi connectivity index (χ1n) is 7.01. The van der Waals surface area contributed by atoms with Gasteiger partial charge in [-0.2, -0.15) is 0 Å². The van der Waals surface area contributed by atoms with Crippen LogP contribution in [0.5, 0.6) is 0 Å². The zero-order valence-electron chi connectivity index (χ0n) is 11.7. The molecule has 0 radical (unpaired) electrons. The fourth-order valence-electron chi connectivity index (χ4n) is 3.03. The van der Waals surface area contributed by atoms with Gasteiger partial charge in [-0.25, -0.2) is 0 Å². The summed E-state index contributed by atoms with van der Waals surface area (Å²) in [4.78, 5) is 14.4. The van der Waals surface area contributed by atoms with Crippen LogP contribution in [0.25, 0.3) is 0 Å². The maximum Gasteiger partial charge on any atom is 0.223 e. The maximum absolute atomic E-state index is 12.3. The number of aryl methyl sites for hydroxylation is 2. The highest BCUT2D eigenvalue weighted by atomic mass is 16.2. The van der Waals surface area contributed by atoms with Crippen LogP contribution in [0, 0.1) is 0 Å². The van der Waals surface area contributed by atoms with Gasteiger partial charge in [0.25, 0.3) is 0 Å². The van der Waals surface area contributed by atoms with E-state index >= 15 is 0 Å². The lowest BCUT2D eigenvalue weighted by Crippen LogP contribution is -2.47. The minimum atomic E-state index is 0.316. The molecule has 0 aromatic carbocycles. The zero-order valence-corrected chi connectivity index (χ0v) is 11.7. The highest BCUT2D eigenvalue weighted by Crippen LogP contribution is 2.23. The molecule has 3 heteroatoms. The van der Waals surface area contributed by atoms with Gasteiger partial charge in [0, 0.05) is 37.4 Å². The molecule has 1 aromatic rings. The molecule has 0 aliphatic carbocycles. The molecule has 0 N–H and O–H groups in total. The Balaban J connectivity index is 1.93. The quantitative estimate of drug-likeness (QED) is 0.807. The molecule has 1 aliphatic heterocycles. The molecule has 1 fully saturated rings. The van der Waals surface area contributed by atoms with Crippen LogP contribution in [0.4, 0.5) is 0 Å². The van der Waals surface area contributed by atoms with Crippen molar-refractivity contribution in [2.75, 3.05) is 0 Å². The van der Waals surface area contributed by atoms with Gasteiger partial charge in [-0.15, -0.1) is 0 Å². The van der Waals surface area contributed by atoms with Gasteiger partial charge in [-0.3, -0.25) is 4.79 Å². The fourth-order valence-corrected chi connectivity index (χ4v) is 3.03. The molecule has 1 aliphatic rings. The molecule has 2 unspecified atom stereocenters. The number of rotatable bonds is 3. The average molecular weight is 248 g/mol. The number of hydrogen-bond donors (Lipinski definition) is 0. The van der Waals surface area contributed by atoms with E-state index in [0.29, 0.717) is 24.4 Å². The van der Waals surface area contributed by atoms with Crippen LogP contribution in [-0.4, -0.2) is 27.5 Å². The number of carbonyl (C=O) groups excluding carboxylic acids is 1. The first kappa shape index (κ1) is 13.2. The molecule has 0 bridgehead atoms. The predicted molar refractivity (Wildman–Crippen MR) is 73.4 cm³/mol. The van der Waals surface area contributed by atoms with Crippen LogP contribution < -0.4 is 0 Å².